The lowest BCUT2D eigenvalue weighted by atomic mass is 9.86. The van der Waals surface area contributed by atoms with Gasteiger partial charge in [0, 0.05) is 32.2 Å². The van der Waals surface area contributed by atoms with Gasteiger partial charge in [0.25, 0.3) is 5.91 Å². The highest BCUT2D eigenvalue weighted by molar-refractivity contribution is 6.41. The summed E-state index contributed by atoms with van der Waals surface area (Å²) >= 11 is 0. The Balaban J connectivity index is 1.78. The lowest BCUT2D eigenvalue weighted by molar-refractivity contribution is -0.111. The highest BCUT2D eigenvalue weighted by Gasteiger charge is 2.27. The zero-order valence-corrected chi connectivity index (χ0v) is 13.3. The van der Waals surface area contributed by atoms with Gasteiger partial charge in [-0.15, -0.1) is 0 Å². The Hall–Kier alpha value is -1.69. The molecule has 1 saturated heterocycles. The maximum absolute atomic E-state index is 10.8. The van der Waals surface area contributed by atoms with Gasteiger partial charge in [-0.1, -0.05) is 6.92 Å². The molecule has 1 amide bonds. The van der Waals surface area contributed by atoms with Gasteiger partial charge >= 0.3 is 0 Å². The molecule has 2 rings (SSSR count). The summed E-state index contributed by atoms with van der Waals surface area (Å²) in [7, 11) is 0. The third-order valence-corrected chi connectivity index (χ3v) is 4.83. The Bertz CT molecular complexity index is 457. The molecular formula is C16H27N5O. The second-order valence-electron chi connectivity index (χ2n) is 6.43. The van der Waals surface area contributed by atoms with E-state index < -0.39 is 5.91 Å². The first-order chi connectivity index (χ1) is 10.5. The van der Waals surface area contributed by atoms with Crippen LogP contribution in [0.2, 0.25) is 0 Å². The van der Waals surface area contributed by atoms with E-state index in [1.165, 1.54) is 37.8 Å². The van der Waals surface area contributed by atoms with E-state index in [1.54, 1.807) is 0 Å². The minimum Gasteiger partial charge on any atom is -0.364 e. The number of hydrogen-bond donors (Lipinski definition) is 3. The molecule has 0 spiro atoms. The number of rotatable bonds is 4. The summed E-state index contributed by atoms with van der Waals surface area (Å²) in [6, 6.07) is 0.714. The van der Waals surface area contributed by atoms with Crippen molar-refractivity contribution in [3.8, 4) is 0 Å². The number of hydrogen-bond acceptors (Lipinski definition) is 4. The van der Waals surface area contributed by atoms with Crippen molar-refractivity contribution in [2.24, 2.45) is 11.7 Å². The third-order valence-electron chi connectivity index (χ3n) is 4.83. The van der Waals surface area contributed by atoms with Crippen molar-refractivity contribution in [3.63, 3.8) is 0 Å². The molecule has 0 aromatic heterocycles. The molecule has 0 aromatic rings. The molecule has 1 aliphatic carbocycles. The van der Waals surface area contributed by atoms with Crippen LogP contribution in [-0.4, -0.2) is 59.5 Å². The normalized spacial score (nSPS) is 27.0. The van der Waals surface area contributed by atoms with Gasteiger partial charge in [-0.25, -0.2) is 0 Å². The molecule has 0 unspecified atom stereocenters. The van der Waals surface area contributed by atoms with Gasteiger partial charge in [-0.05, 0) is 43.8 Å². The Kier molecular flexibility index (Phi) is 5.71. The second kappa shape index (κ2) is 7.54. The van der Waals surface area contributed by atoms with E-state index in [-0.39, 0.29) is 5.71 Å². The van der Waals surface area contributed by atoms with Crippen LogP contribution in [-0.2, 0) is 4.79 Å². The van der Waals surface area contributed by atoms with E-state index >= 15 is 0 Å². The summed E-state index contributed by atoms with van der Waals surface area (Å²) in [5, 5.41) is 15.4. The first-order valence-corrected chi connectivity index (χ1v) is 8.11. The Morgan fingerprint density at radius 3 is 2.18 bits per heavy atom. The van der Waals surface area contributed by atoms with Crippen molar-refractivity contribution in [3.05, 3.63) is 12.2 Å². The summed E-state index contributed by atoms with van der Waals surface area (Å²) in [6.45, 7) is 5.98. The quantitative estimate of drug-likeness (QED) is 0.538. The van der Waals surface area contributed by atoms with E-state index in [1.807, 2.05) is 4.90 Å². The van der Waals surface area contributed by atoms with Crippen LogP contribution in [0.15, 0.2) is 12.2 Å². The monoisotopic (exact) mass is 305 g/mol. The van der Waals surface area contributed by atoms with Gasteiger partial charge in [0.15, 0.2) is 0 Å². The molecule has 22 heavy (non-hydrogen) atoms. The maximum Gasteiger partial charge on any atom is 0.266 e. The molecule has 122 valence electrons. The van der Waals surface area contributed by atoms with Crippen molar-refractivity contribution >= 4 is 17.5 Å². The van der Waals surface area contributed by atoms with Crippen LogP contribution in [0.5, 0.6) is 0 Å². The first kappa shape index (κ1) is 16.7. The molecule has 6 nitrogen and oxygen atoms in total. The van der Waals surface area contributed by atoms with Crippen LogP contribution < -0.4 is 5.73 Å². The lowest BCUT2D eigenvalue weighted by Gasteiger charge is -2.42. The molecule has 1 saturated carbocycles. The number of carbonyl (C=O) groups is 1. The van der Waals surface area contributed by atoms with Gasteiger partial charge < -0.3 is 10.6 Å². The minimum atomic E-state index is -0.764. The SMILES string of the molecule is CC1CCC(N2CCN(C(=N)/C=C\C(=N)C(N)=O)CC2)CC1. The summed E-state index contributed by atoms with van der Waals surface area (Å²) in [5.41, 5.74) is 4.74. The molecule has 4 N–H and O–H groups in total. The summed E-state index contributed by atoms with van der Waals surface area (Å²) in [6.07, 6.45) is 8.06. The summed E-state index contributed by atoms with van der Waals surface area (Å²) in [4.78, 5) is 15.3. The van der Waals surface area contributed by atoms with Gasteiger partial charge in [0.2, 0.25) is 0 Å². The molecule has 6 heteroatoms. The molecule has 2 aliphatic rings. The summed E-state index contributed by atoms with van der Waals surface area (Å²) < 4.78 is 0. The van der Waals surface area contributed by atoms with E-state index in [2.05, 4.69) is 11.8 Å². The van der Waals surface area contributed by atoms with Crippen molar-refractivity contribution in [2.45, 2.75) is 38.6 Å². The van der Waals surface area contributed by atoms with Crippen LogP contribution in [0, 0.1) is 16.7 Å². The van der Waals surface area contributed by atoms with E-state index in [0.717, 1.165) is 32.1 Å². The highest BCUT2D eigenvalue weighted by atomic mass is 16.1. The van der Waals surface area contributed by atoms with E-state index in [9.17, 15) is 4.79 Å². The number of amidine groups is 1. The van der Waals surface area contributed by atoms with Crippen LogP contribution in [0.4, 0.5) is 0 Å². The number of nitrogens with two attached hydrogens (primary N) is 1. The summed E-state index contributed by atoms with van der Waals surface area (Å²) in [5.74, 6) is 0.458. The van der Waals surface area contributed by atoms with Gasteiger partial charge in [-0.3, -0.25) is 20.5 Å². The van der Waals surface area contributed by atoms with Crippen LogP contribution in [0.3, 0.4) is 0 Å². The zero-order chi connectivity index (χ0) is 16.1. The number of nitrogens with one attached hydrogen (secondary N) is 2. The Morgan fingerprint density at radius 1 is 1.05 bits per heavy atom. The van der Waals surface area contributed by atoms with Gasteiger partial charge in [0.05, 0.1) is 0 Å². The van der Waals surface area contributed by atoms with Crippen molar-refractivity contribution in [1.82, 2.24) is 9.80 Å². The van der Waals surface area contributed by atoms with Crippen molar-refractivity contribution < 1.29 is 4.79 Å². The molecule has 1 heterocycles. The number of primary amides is 1. The molecular weight excluding hydrogens is 278 g/mol. The molecule has 1 aliphatic heterocycles. The fourth-order valence-corrected chi connectivity index (χ4v) is 3.29. The van der Waals surface area contributed by atoms with Crippen molar-refractivity contribution in [1.29, 1.82) is 10.8 Å². The molecule has 0 aromatic carbocycles. The number of nitrogens with zero attached hydrogens (tertiary/aromatic N) is 2. The second-order valence-corrected chi connectivity index (χ2v) is 6.43. The highest BCUT2D eigenvalue weighted by Crippen LogP contribution is 2.27. The fraction of sp³-hybridized carbons (Fsp3) is 0.688. The average molecular weight is 305 g/mol. The predicted molar refractivity (Wildman–Crippen MR) is 88.4 cm³/mol. The standard InChI is InChI=1S/C16H27N5O/c1-12-2-4-13(5-3-12)20-8-10-21(11-9-20)15(18)7-6-14(17)16(19)22/h6-7,12-13,17-18H,2-5,8-11H2,1H3,(H2,19,22)/b7-6-,17-14?,18-15?. The average Bonchev–Trinajstić information content (AvgIpc) is 2.53. The van der Waals surface area contributed by atoms with E-state index in [4.69, 9.17) is 16.6 Å². The van der Waals surface area contributed by atoms with E-state index in [0.29, 0.717) is 11.9 Å². The largest absolute Gasteiger partial charge is 0.364 e. The third kappa shape index (κ3) is 4.40. The molecule has 2 fully saturated rings. The topological polar surface area (TPSA) is 97.3 Å². The fourth-order valence-electron chi connectivity index (χ4n) is 3.29. The molecule has 0 bridgehead atoms. The predicted octanol–water partition coefficient (Wildman–Crippen LogP) is 1.22. The minimum absolute atomic E-state index is 0.264. The van der Waals surface area contributed by atoms with Crippen LogP contribution >= 0.6 is 0 Å². The van der Waals surface area contributed by atoms with Gasteiger partial charge in [0.1, 0.15) is 11.5 Å². The van der Waals surface area contributed by atoms with Crippen molar-refractivity contribution in [2.75, 3.05) is 26.2 Å². The lowest BCUT2D eigenvalue weighted by Crippen LogP contribution is -2.52. The Labute approximate surface area is 132 Å². The van der Waals surface area contributed by atoms with Crippen LogP contribution in [0.1, 0.15) is 32.6 Å². The Morgan fingerprint density at radius 2 is 1.64 bits per heavy atom. The smallest absolute Gasteiger partial charge is 0.266 e. The van der Waals surface area contributed by atoms with Gasteiger partial charge in [-0.2, -0.15) is 0 Å². The van der Waals surface area contributed by atoms with Crippen LogP contribution in [0.25, 0.3) is 0 Å². The molecule has 0 radical (unpaired) electrons. The zero-order valence-electron chi connectivity index (χ0n) is 13.3. The maximum atomic E-state index is 10.8. The first-order valence-electron chi connectivity index (χ1n) is 8.11. The number of carbonyl (C=O) groups excluding carboxylic acids is 1. The number of amides is 1. The molecule has 0 atom stereocenters. The number of piperazine rings is 1.